The molecule has 114 valence electrons. The van der Waals surface area contributed by atoms with Gasteiger partial charge in [-0.05, 0) is 43.9 Å². The Hall–Kier alpha value is -1.27. The Kier molecular flexibility index (Phi) is 3.84. The van der Waals surface area contributed by atoms with Crippen LogP contribution in [0.5, 0.6) is 0 Å². The van der Waals surface area contributed by atoms with Crippen LogP contribution in [0.25, 0.3) is 0 Å². The maximum atomic E-state index is 12.1. The topological polar surface area (TPSA) is 66.5 Å². The van der Waals surface area contributed by atoms with Crippen LogP contribution in [-0.4, -0.2) is 32.7 Å². The third-order valence-electron chi connectivity index (χ3n) is 3.74. The normalized spacial score (nSPS) is 21.1. The molecule has 0 aromatic heterocycles. The summed E-state index contributed by atoms with van der Waals surface area (Å²) < 4.78 is 25.6. The van der Waals surface area contributed by atoms with Gasteiger partial charge >= 0.3 is 0 Å². The molecule has 1 aliphatic heterocycles. The summed E-state index contributed by atoms with van der Waals surface area (Å²) in [6.45, 7) is 0.452. The summed E-state index contributed by atoms with van der Waals surface area (Å²) in [5.74, 6) is -0.0852. The van der Waals surface area contributed by atoms with E-state index in [1.807, 2.05) is 0 Å². The number of rotatable bonds is 3. The third kappa shape index (κ3) is 3.16. The molecule has 0 atom stereocenters. The van der Waals surface area contributed by atoms with Gasteiger partial charge < -0.3 is 5.32 Å². The zero-order valence-corrected chi connectivity index (χ0v) is 13.1. The molecule has 1 amide bonds. The van der Waals surface area contributed by atoms with Crippen LogP contribution in [0.4, 0.5) is 5.69 Å². The Morgan fingerprint density at radius 2 is 2.05 bits per heavy atom. The number of halogens is 1. The van der Waals surface area contributed by atoms with Crippen molar-refractivity contribution in [3.8, 4) is 0 Å². The van der Waals surface area contributed by atoms with Gasteiger partial charge in [-0.1, -0.05) is 11.6 Å². The largest absolute Gasteiger partial charge is 0.349 e. The number of nitrogens with zero attached hydrogens (tertiary/aromatic N) is 1. The number of amides is 1. The van der Waals surface area contributed by atoms with Crippen molar-refractivity contribution in [1.82, 2.24) is 5.32 Å². The van der Waals surface area contributed by atoms with Crippen LogP contribution in [0.2, 0.25) is 5.02 Å². The van der Waals surface area contributed by atoms with Gasteiger partial charge in [0.1, 0.15) is 0 Å². The maximum absolute atomic E-state index is 12.1. The first-order valence-electron chi connectivity index (χ1n) is 7.08. The van der Waals surface area contributed by atoms with Crippen LogP contribution < -0.4 is 9.62 Å². The lowest BCUT2D eigenvalue weighted by atomic mass is 10.1. The quantitative estimate of drug-likeness (QED) is 0.924. The Labute approximate surface area is 129 Å². The summed E-state index contributed by atoms with van der Waals surface area (Å²) in [7, 11) is -3.28. The van der Waals surface area contributed by atoms with Gasteiger partial charge in [0.2, 0.25) is 10.0 Å². The SMILES string of the molecule is O=C(NC1CC1)c1cc(N2CCCCS2(=O)=O)ccc1Cl. The van der Waals surface area contributed by atoms with Gasteiger partial charge in [0.25, 0.3) is 5.91 Å². The predicted octanol–water partition coefficient (Wildman–Crippen LogP) is 2.16. The highest BCUT2D eigenvalue weighted by atomic mass is 35.5. The summed E-state index contributed by atoms with van der Waals surface area (Å²) in [4.78, 5) is 12.1. The van der Waals surface area contributed by atoms with Crippen LogP contribution in [-0.2, 0) is 10.0 Å². The lowest BCUT2D eigenvalue weighted by Gasteiger charge is -2.28. The van der Waals surface area contributed by atoms with E-state index in [2.05, 4.69) is 5.32 Å². The fraction of sp³-hybridized carbons (Fsp3) is 0.500. The Bertz CT molecular complexity index is 671. The molecule has 1 N–H and O–H groups in total. The summed E-state index contributed by atoms with van der Waals surface area (Å²) in [5, 5.41) is 3.21. The molecule has 0 spiro atoms. The monoisotopic (exact) mass is 328 g/mol. The van der Waals surface area contributed by atoms with Crippen molar-refractivity contribution < 1.29 is 13.2 Å². The smallest absolute Gasteiger partial charge is 0.253 e. The van der Waals surface area contributed by atoms with Gasteiger partial charge in [-0.15, -0.1) is 0 Å². The molecule has 1 aromatic carbocycles. The molecular formula is C14H17ClN2O3S. The van der Waals surface area contributed by atoms with Crippen LogP contribution in [0, 0.1) is 0 Å². The average molecular weight is 329 g/mol. The number of nitrogens with one attached hydrogen (secondary N) is 1. The van der Waals surface area contributed by atoms with E-state index < -0.39 is 10.0 Å². The van der Waals surface area contributed by atoms with Crippen molar-refractivity contribution in [2.45, 2.75) is 31.7 Å². The summed E-state index contributed by atoms with van der Waals surface area (Å²) in [6, 6.07) is 5.04. The van der Waals surface area contributed by atoms with E-state index in [9.17, 15) is 13.2 Å². The van der Waals surface area contributed by atoms with Crippen LogP contribution in [0.1, 0.15) is 36.0 Å². The number of anilines is 1. The molecule has 7 heteroatoms. The second kappa shape index (κ2) is 5.50. The van der Waals surface area contributed by atoms with Crippen molar-refractivity contribution in [2.75, 3.05) is 16.6 Å². The molecule has 1 saturated heterocycles. The molecule has 1 aromatic rings. The van der Waals surface area contributed by atoms with Crippen molar-refractivity contribution >= 4 is 33.2 Å². The first-order chi connectivity index (χ1) is 9.97. The van der Waals surface area contributed by atoms with Gasteiger partial charge in [-0.25, -0.2) is 8.42 Å². The highest BCUT2D eigenvalue weighted by Gasteiger charge is 2.28. The number of sulfonamides is 1. The van der Waals surface area contributed by atoms with Gasteiger partial charge in [0, 0.05) is 12.6 Å². The first-order valence-corrected chi connectivity index (χ1v) is 9.07. The standard InChI is InChI=1S/C14H17ClN2O3S/c15-13-6-5-11(17-7-1-2-8-21(17,19)20)9-12(13)14(18)16-10-3-4-10/h5-6,9-10H,1-4,7-8H2,(H,16,18). The van der Waals surface area contributed by atoms with Gasteiger partial charge in [0.05, 0.1) is 22.0 Å². The molecule has 1 heterocycles. The minimum atomic E-state index is -3.28. The fourth-order valence-corrected chi connectivity index (χ4v) is 4.25. The summed E-state index contributed by atoms with van der Waals surface area (Å²) >= 11 is 6.08. The predicted molar refractivity (Wildman–Crippen MR) is 82.3 cm³/mol. The minimum Gasteiger partial charge on any atom is -0.349 e. The van der Waals surface area contributed by atoms with Crippen molar-refractivity contribution in [3.63, 3.8) is 0 Å². The van der Waals surface area contributed by atoms with Crippen molar-refractivity contribution in [3.05, 3.63) is 28.8 Å². The molecule has 3 rings (SSSR count). The van der Waals surface area contributed by atoms with E-state index in [-0.39, 0.29) is 17.7 Å². The van der Waals surface area contributed by atoms with E-state index in [1.54, 1.807) is 18.2 Å². The molecule has 0 bridgehead atoms. The fourth-order valence-electron chi connectivity index (χ4n) is 2.41. The van der Waals surface area contributed by atoms with Crippen molar-refractivity contribution in [2.24, 2.45) is 0 Å². The molecule has 0 radical (unpaired) electrons. The third-order valence-corrected chi connectivity index (χ3v) is 5.94. The molecule has 1 saturated carbocycles. The lowest BCUT2D eigenvalue weighted by Crippen LogP contribution is -2.38. The highest BCUT2D eigenvalue weighted by Crippen LogP contribution is 2.28. The van der Waals surface area contributed by atoms with Crippen LogP contribution in [0.15, 0.2) is 18.2 Å². The van der Waals surface area contributed by atoms with Gasteiger partial charge in [-0.3, -0.25) is 9.10 Å². The summed E-state index contributed by atoms with van der Waals surface area (Å²) in [6.07, 6.45) is 3.49. The van der Waals surface area contributed by atoms with Crippen LogP contribution in [0.3, 0.4) is 0 Å². The van der Waals surface area contributed by atoms with Gasteiger partial charge in [0.15, 0.2) is 0 Å². The molecule has 0 unspecified atom stereocenters. The second-order valence-electron chi connectivity index (χ2n) is 5.51. The van der Waals surface area contributed by atoms with E-state index in [0.29, 0.717) is 29.2 Å². The Morgan fingerprint density at radius 1 is 1.29 bits per heavy atom. The molecule has 5 nitrogen and oxygen atoms in total. The number of hydrogen-bond donors (Lipinski definition) is 1. The minimum absolute atomic E-state index is 0.152. The Balaban J connectivity index is 1.90. The van der Waals surface area contributed by atoms with E-state index in [1.165, 1.54) is 4.31 Å². The zero-order chi connectivity index (χ0) is 15.0. The number of hydrogen-bond acceptors (Lipinski definition) is 3. The average Bonchev–Trinajstić information content (AvgIpc) is 3.23. The van der Waals surface area contributed by atoms with Crippen LogP contribution >= 0.6 is 11.6 Å². The number of carbonyl (C=O) groups excluding carboxylic acids is 1. The first kappa shape index (κ1) is 14.7. The lowest BCUT2D eigenvalue weighted by molar-refractivity contribution is 0.0951. The second-order valence-corrected chi connectivity index (χ2v) is 7.93. The number of carbonyl (C=O) groups is 1. The maximum Gasteiger partial charge on any atom is 0.253 e. The molecule has 2 fully saturated rings. The molecule has 21 heavy (non-hydrogen) atoms. The number of benzene rings is 1. The molecule has 1 aliphatic carbocycles. The van der Waals surface area contributed by atoms with E-state index in [4.69, 9.17) is 11.6 Å². The Morgan fingerprint density at radius 3 is 2.71 bits per heavy atom. The molecular weight excluding hydrogens is 312 g/mol. The van der Waals surface area contributed by atoms with E-state index in [0.717, 1.165) is 19.3 Å². The highest BCUT2D eigenvalue weighted by molar-refractivity contribution is 7.92. The molecule has 2 aliphatic rings. The zero-order valence-electron chi connectivity index (χ0n) is 11.5. The van der Waals surface area contributed by atoms with Crippen molar-refractivity contribution in [1.29, 1.82) is 0 Å². The summed E-state index contributed by atoms with van der Waals surface area (Å²) in [5.41, 5.74) is 0.849. The van der Waals surface area contributed by atoms with Gasteiger partial charge in [-0.2, -0.15) is 0 Å². The van der Waals surface area contributed by atoms with E-state index >= 15 is 0 Å².